The Kier molecular flexibility index (Phi) is 14.0. The number of ether oxygens (including phenoxy) is 4. The maximum absolute atomic E-state index is 12.9. The molecule has 8 nitrogen and oxygen atoms in total. The molecule has 2 rings (SSSR count). The number of carboxylic acids is 1. The van der Waals surface area contributed by atoms with Crippen LogP contribution in [-0.2, 0) is 16.0 Å². The summed E-state index contributed by atoms with van der Waals surface area (Å²) >= 11 is 0. The number of carbonyl (C=O) groups is 2. The molecule has 0 aliphatic rings. The molecule has 2 aromatic rings. The zero-order valence-electron chi connectivity index (χ0n) is 22.3. The molecule has 0 spiro atoms. The van der Waals surface area contributed by atoms with Crippen LogP contribution in [0.25, 0.3) is 0 Å². The van der Waals surface area contributed by atoms with Crippen molar-refractivity contribution < 1.29 is 33.6 Å². The first-order chi connectivity index (χ1) is 18.0. The van der Waals surface area contributed by atoms with Crippen LogP contribution in [-0.4, -0.2) is 61.6 Å². The van der Waals surface area contributed by atoms with Gasteiger partial charge in [0.1, 0.15) is 23.9 Å². The topological polar surface area (TPSA) is 94.5 Å². The fourth-order valence-electron chi connectivity index (χ4n) is 3.84. The molecular weight excluding hydrogens is 474 g/mol. The minimum atomic E-state index is -0.978. The summed E-state index contributed by atoms with van der Waals surface area (Å²) in [6.07, 6.45) is 5.75. The van der Waals surface area contributed by atoms with Crippen LogP contribution in [0.2, 0.25) is 0 Å². The van der Waals surface area contributed by atoms with Gasteiger partial charge in [-0.3, -0.25) is 0 Å². The van der Waals surface area contributed by atoms with Crippen LogP contribution < -0.4 is 14.2 Å². The third-order valence-electron chi connectivity index (χ3n) is 5.90. The van der Waals surface area contributed by atoms with Gasteiger partial charge in [0.05, 0.1) is 13.7 Å². The van der Waals surface area contributed by atoms with Crippen molar-refractivity contribution >= 4 is 12.1 Å². The highest BCUT2D eigenvalue weighted by Crippen LogP contribution is 2.20. The molecule has 1 unspecified atom stereocenters. The van der Waals surface area contributed by atoms with E-state index in [2.05, 4.69) is 6.92 Å². The summed E-state index contributed by atoms with van der Waals surface area (Å²) in [4.78, 5) is 25.9. The van der Waals surface area contributed by atoms with Gasteiger partial charge in [-0.15, -0.1) is 0 Å². The number of amides is 1. The lowest BCUT2D eigenvalue weighted by molar-refractivity contribution is -0.149. The molecule has 2 aromatic carbocycles. The Bertz CT molecular complexity index is 932. The Morgan fingerprint density at radius 1 is 0.892 bits per heavy atom. The van der Waals surface area contributed by atoms with Gasteiger partial charge in [0, 0.05) is 25.6 Å². The van der Waals surface area contributed by atoms with Gasteiger partial charge in [-0.1, -0.05) is 57.2 Å². The first-order valence-electron chi connectivity index (χ1n) is 13.1. The monoisotopic (exact) mass is 515 g/mol. The number of nitrogens with zero attached hydrogens (tertiary/aromatic N) is 1. The molecule has 1 atom stereocenters. The number of benzene rings is 2. The van der Waals surface area contributed by atoms with Crippen LogP contribution in [0.15, 0.2) is 48.5 Å². The number of methoxy groups -OCH3 is 1. The number of unbranched alkanes of at least 4 members (excludes halogenated alkanes) is 5. The van der Waals surface area contributed by atoms with Crippen molar-refractivity contribution in [1.29, 1.82) is 0 Å². The molecule has 0 fully saturated rings. The average molecular weight is 516 g/mol. The Balaban J connectivity index is 1.91. The molecule has 0 saturated heterocycles. The highest BCUT2D eigenvalue weighted by Gasteiger charge is 2.18. The fraction of sp³-hybridized carbons (Fsp3) is 0.517. The van der Waals surface area contributed by atoms with Crippen molar-refractivity contribution in [3.05, 3.63) is 54.1 Å². The first kappa shape index (κ1) is 30.0. The molecule has 204 valence electrons. The maximum Gasteiger partial charge on any atom is 0.415 e. The van der Waals surface area contributed by atoms with Crippen LogP contribution in [0.5, 0.6) is 17.2 Å². The van der Waals surface area contributed by atoms with Crippen LogP contribution in [0.3, 0.4) is 0 Å². The predicted octanol–water partition coefficient (Wildman–Crippen LogP) is 5.97. The summed E-state index contributed by atoms with van der Waals surface area (Å²) in [6.45, 7) is 5.58. The van der Waals surface area contributed by atoms with Crippen molar-refractivity contribution in [2.45, 2.75) is 64.9 Å². The number of hydrogen-bond acceptors (Lipinski definition) is 6. The molecule has 37 heavy (non-hydrogen) atoms. The molecule has 1 N–H and O–H groups in total. The van der Waals surface area contributed by atoms with Gasteiger partial charge < -0.3 is 29.0 Å². The third kappa shape index (κ3) is 11.6. The molecule has 1 amide bonds. The minimum absolute atomic E-state index is 0.283. The lowest BCUT2D eigenvalue weighted by Crippen LogP contribution is -2.37. The number of hydrogen-bond donors (Lipinski definition) is 1. The van der Waals surface area contributed by atoms with Gasteiger partial charge >= 0.3 is 12.1 Å². The summed E-state index contributed by atoms with van der Waals surface area (Å²) in [5.41, 5.74) is 0.847. The van der Waals surface area contributed by atoms with Crippen molar-refractivity contribution in [3.8, 4) is 17.2 Å². The van der Waals surface area contributed by atoms with E-state index in [0.717, 1.165) is 24.8 Å². The number of carboxylic acid groups (broad SMARTS) is 1. The van der Waals surface area contributed by atoms with Gasteiger partial charge in [-0.25, -0.2) is 9.59 Å². The second kappa shape index (κ2) is 17.2. The zero-order chi connectivity index (χ0) is 26.9. The van der Waals surface area contributed by atoms with E-state index in [-0.39, 0.29) is 6.42 Å². The normalized spacial score (nSPS) is 11.5. The van der Waals surface area contributed by atoms with E-state index in [0.29, 0.717) is 43.6 Å². The molecule has 0 bridgehead atoms. The van der Waals surface area contributed by atoms with Gasteiger partial charge in [0.25, 0.3) is 0 Å². The van der Waals surface area contributed by atoms with Gasteiger partial charge in [-0.2, -0.15) is 0 Å². The van der Waals surface area contributed by atoms with E-state index < -0.39 is 18.2 Å². The van der Waals surface area contributed by atoms with Crippen LogP contribution in [0.4, 0.5) is 4.79 Å². The summed E-state index contributed by atoms with van der Waals surface area (Å²) in [5.74, 6) is 0.720. The third-order valence-corrected chi connectivity index (χ3v) is 5.90. The lowest BCUT2D eigenvalue weighted by atomic mass is 10.1. The zero-order valence-corrected chi connectivity index (χ0v) is 22.3. The van der Waals surface area contributed by atoms with Gasteiger partial charge in [0.2, 0.25) is 0 Å². The van der Waals surface area contributed by atoms with E-state index in [1.165, 1.54) is 19.3 Å². The van der Waals surface area contributed by atoms with E-state index in [1.54, 1.807) is 55.3 Å². The maximum atomic E-state index is 12.9. The summed E-state index contributed by atoms with van der Waals surface area (Å²) in [6, 6.07) is 14.2. The van der Waals surface area contributed by atoms with Crippen molar-refractivity contribution in [1.82, 2.24) is 4.90 Å². The van der Waals surface area contributed by atoms with Crippen molar-refractivity contribution in [2.75, 3.05) is 33.4 Å². The first-order valence-corrected chi connectivity index (χ1v) is 13.1. The standard InChI is InChI=1S/C29H41NO7/c1-4-6-7-8-9-10-18-30(29(33)37-26-13-11-12-25(22-26)34-3)19-20-36-24-16-14-23(15-17-24)21-27(28(31)32)35-5-2/h11-17,22,27H,4-10,18-21H2,1-3H3,(H,31,32). The minimum Gasteiger partial charge on any atom is -0.497 e. The Labute approximate surface area is 220 Å². The predicted molar refractivity (Wildman–Crippen MR) is 143 cm³/mol. The lowest BCUT2D eigenvalue weighted by Gasteiger charge is -2.22. The van der Waals surface area contributed by atoms with E-state index in [9.17, 15) is 14.7 Å². The largest absolute Gasteiger partial charge is 0.497 e. The van der Waals surface area contributed by atoms with Crippen LogP contribution in [0, 0.1) is 0 Å². The second-order valence-corrected chi connectivity index (χ2v) is 8.78. The molecule has 0 aromatic heterocycles. The smallest absolute Gasteiger partial charge is 0.415 e. The molecular formula is C29H41NO7. The Morgan fingerprint density at radius 2 is 1.59 bits per heavy atom. The molecule has 0 aliphatic carbocycles. The fourth-order valence-corrected chi connectivity index (χ4v) is 3.84. The quantitative estimate of drug-likeness (QED) is 0.245. The molecule has 0 saturated carbocycles. The average Bonchev–Trinajstić information content (AvgIpc) is 2.90. The van der Waals surface area contributed by atoms with Crippen LogP contribution in [0.1, 0.15) is 57.9 Å². The molecule has 8 heteroatoms. The summed E-state index contributed by atoms with van der Waals surface area (Å²) in [7, 11) is 1.57. The van der Waals surface area contributed by atoms with E-state index >= 15 is 0 Å². The molecule has 0 radical (unpaired) electrons. The van der Waals surface area contributed by atoms with E-state index in [4.69, 9.17) is 18.9 Å². The van der Waals surface area contributed by atoms with Gasteiger partial charge in [0.15, 0.2) is 6.10 Å². The van der Waals surface area contributed by atoms with Crippen molar-refractivity contribution in [3.63, 3.8) is 0 Å². The highest BCUT2D eigenvalue weighted by molar-refractivity contribution is 5.72. The van der Waals surface area contributed by atoms with E-state index in [1.807, 2.05) is 12.1 Å². The second-order valence-electron chi connectivity index (χ2n) is 8.78. The summed E-state index contributed by atoms with van der Waals surface area (Å²) < 4.78 is 22.0. The SMILES string of the molecule is CCCCCCCCN(CCOc1ccc(CC(OCC)C(=O)O)cc1)C(=O)Oc1cccc(OC)c1. The number of carbonyl (C=O) groups excluding carboxylic acids is 1. The summed E-state index contributed by atoms with van der Waals surface area (Å²) in [5, 5.41) is 9.27. The molecule has 0 aliphatic heterocycles. The van der Waals surface area contributed by atoms with Gasteiger partial charge in [-0.05, 0) is 43.2 Å². The van der Waals surface area contributed by atoms with Crippen molar-refractivity contribution in [2.24, 2.45) is 0 Å². The highest BCUT2D eigenvalue weighted by atomic mass is 16.6. The Hall–Kier alpha value is -3.26. The Morgan fingerprint density at radius 3 is 2.27 bits per heavy atom. The number of rotatable bonds is 18. The number of aliphatic carboxylic acids is 1. The van der Waals surface area contributed by atoms with Crippen LogP contribution >= 0.6 is 0 Å². The molecule has 0 heterocycles.